The first-order valence-corrected chi connectivity index (χ1v) is 7.03. The van der Waals surface area contributed by atoms with Gasteiger partial charge in [-0.25, -0.2) is 4.98 Å². The second-order valence-corrected chi connectivity index (χ2v) is 5.24. The monoisotopic (exact) mass is 297 g/mol. The molecule has 0 fully saturated rings. The lowest BCUT2D eigenvalue weighted by molar-refractivity contribution is 0.646. The summed E-state index contributed by atoms with van der Waals surface area (Å²) in [7, 11) is 0. The Labute approximate surface area is 123 Å². The number of hydrogen-bond donors (Lipinski definition) is 1. The van der Waals surface area contributed by atoms with Crippen LogP contribution in [-0.4, -0.2) is 16.1 Å². The third-order valence-corrected chi connectivity index (χ3v) is 3.63. The summed E-state index contributed by atoms with van der Waals surface area (Å²) in [5.41, 5.74) is 2.16. The van der Waals surface area contributed by atoms with Crippen LogP contribution in [0.15, 0.2) is 24.4 Å². The van der Waals surface area contributed by atoms with E-state index >= 15 is 0 Å². The van der Waals surface area contributed by atoms with E-state index in [-0.39, 0.29) is 0 Å². The van der Waals surface area contributed by atoms with Gasteiger partial charge in [0.2, 0.25) is 0 Å². The Kier molecular flexibility index (Phi) is 4.86. The first kappa shape index (κ1) is 14.4. The molecule has 0 bridgehead atoms. The predicted molar refractivity (Wildman–Crippen MR) is 79.9 cm³/mol. The van der Waals surface area contributed by atoms with Crippen LogP contribution in [-0.2, 0) is 13.1 Å². The molecule has 1 heterocycles. The van der Waals surface area contributed by atoms with Gasteiger partial charge in [0.25, 0.3) is 0 Å². The molecule has 0 saturated carbocycles. The molecule has 1 aromatic carbocycles. The second-order valence-electron chi connectivity index (χ2n) is 4.40. The fourth-order valence-corrected chi connectivity index (χ4v) is 2.33. The molecule has 0 saturated heterocycles. The summed E-state index contributed by atoms with van der Waals surface area (Å²) in [6.07, 6.45) is 1.90. The Morgan fingerprint density at radius 1 is 1.32 bits per heavy atom. The number of imidazole rings is 1. The van der Waals surface area contributed by atoms with Crippen molar-refractivity contribution in [3.63, 3.8) is 0 Å². The van der Waals surface area contributed by atoms with Crippen molar-refractivity contribution in [2.24, 2.45) is 0 Å². The molecule has 0 atom stereocenters. The number of nitrogens with zero attached hydrogens (tertiary/aromatic N) is 2. The summed E-state index contributed by atoms with van der Waals surface area (Å²) in [5, 5.41) is 4.74. The third kappa shape index (κ3) is 3.50. The molecule has 1 N–H and O–H groups in total. The van der Waals surface area contributed by atoms with Crippen LogP contribution < -0.4 is 5.32 Å². The van der Waals surface area contributed by atoms with Crippen LogP contribution in [0.2, 0.25) is 10.0 Å². The van der Waals surface area contributed by atoms with Crippen molar-refractivity contribution >= 4 is 23.2 Å². The van der Waals surface area contributed by atoms with E-state index in [9.17, 15) is 0 Å². The molecule has 2 rings (SSSR count). The maximum atomic E-state index is 6.21. The van der Waals surface area contributed by atoms with Crippen molar-refractivity contribution < 1.29 is 0 Å². The average Bonchev–Trinajstić information content (AvgIpc) is 2.73. The van der Waals surface area contributed by atoms with Gasteiger partial charge in [0, 0.05) is 22.8 Å². The van der Waals surface area contributed by atoms with Crippen LogP contribution in [0.1, 0.15) is 24.0 Å². The van der Waals surface area contributed by atoms with Crippen molar-refractivity contribution in [1.82, 2.24) is 14.9 Å². The molecule has 2 aromatic rings. The van der Waals surface area contributed by atoms with E-state index < -0.39 is 0 Å². The fraction of sp³-hybridized carbons (Fsp3) is 0.357. The minimum Gasteiger partial charge on any atom is -0.327 e. The number of halogens is 2. The Morgan fingerprint density at radius 2 is 2.11 bits per heavy atom. The van der Waals surface area contributed by atoms with E-state index in [0.29, 0.717) is 11.6 Å². The lowest BCUT2D eigenvalue weighted by atomic mass is 10.2. The lowest BCUT2D eigenvalue weighted by Crippen LogP contribution is -2.16. The summed E-state index contributed by atoms with van der Waals surface area (Å²) in [6, 6.07) is 5.53. The van der Waals surface area contributed by atoms with E-state index in [1.165, 1.54) is 0 Å². The van der Waals surface area contributed by atoms with E-state index in [1.807, 2.05) is 25.3 Å². The maximum Gasteiger partial charge on any atom is 0.106 e. The third-order valence-electron chi connectivity index (χ3n) is 3.03. The summed E-state index contributed by atoms with van der Waals surface area (Å²) in [5.74, 6) is 0.976. The number of nitrogens with one attached hydrogen (secondary N) is 1. The van der Waals surface area contributed by atoms with Crippen LogP contribution in [0.5, 0.6) is 0 Å². The molecule has 0 unspecified atom stereocenters. The van der Waals surface area contributed by atoms with E-state index in [4.69, 9.17) is 23.2 Å². The zero-order valence-corrected chi connectivity index (χ0v) is 12.6. The molecule has 5 heteroatoms. The molecule has 0 aliphatic carbocycles. The van der Waals surface area contributed by atoms with Crippen LogP contribution in [0.3, 0.4) is 0 Å². The molecule has 0 aliphatic heterocycles. The fourth-order valence-electron chi connectivity index (χ4n) is 1.96. The zero-order chi connectivity index (χ0) is 13.8. The Bertz CT molecular complexity index is 564. The highest BCUT2D eigenvalue weighted by Crippen LogP contribution is 2.22. The van der Waals surface area contributed by atoms with E-state index in [0.717, 1.165) is 35.2 Å². The standard InChI is InChI=1S/C14H17Cl2N3/c1-3-17-7-13-8-18-10(2)19(13)9-11-6-12(15)4-5-14(11)16/h4-6,8,17H,3,7,9H2,1-2H3. The Hall–Kier alpha value is -1.03. The predicted octanol–water partition coefficient (Wildman–Crippen LogP) is 3.66. The summed E-state index contributed by atoms with van der Waals surface area (Å²) < 4.78 is 2.15. The summed E-state index contributed by atoms with van der Waals surface area (Å²) >= 11 is 12.2. The van der Waals surface area contributed by atoms with Gasteiger partial charge in [-0.3, -0.25) is 0 Å². The number of aryl methyl sites for hydroxylation is 1. The quantitative estimate of drug-likeness (QED) is 0.913. The number of aromatic nitrogens is 2. The van der Waals surface area contributed by atoms with Gasteiger partial charge >= 0.3 is 0 Å². The molecular weight excluding hydrogens is 281 g/mol. The van der Waals surface area contributed by atoms with Gasteiger partial charge in [-0.2, -0.15) is 0 Å². The Morgan fingerprint density at radius 3 is 2.84 bits per heavy atom. The van der Waals surface area contributed by atoms with Crippen molar-refractivity contribution in [2.75, 3.05) is 6.54 Å². The minimum absolute atomic E-state index is 0.686. The summed E-state index contributed by atoms with van der Waals surface area (Å²) in [6.45, 7) is 6.50. The molecule has 0 spiro atoms. The highest BCUT2D eigenvalue weighted by atomic mass is 35.5. The topological polar surface area (TPSA) is 29.9 Å². The first-order valence-electron chi connectivity index (χ1n) is 6.27. The second kappa shape index (κ2) is 6.42. The van der Waals surface area contributed by atoms with Crippen LogP contribution in [0, 0.1) is 6.92 Å². The van der Waals surface area contributed by atoms with E-state index in [1.54, 1.807) is 6.07 Å². The van der Waals surface area contributed by atoms with Gasteiger partial charge in [0.1, 0.15) is 5.82 Å². The van der Waals surface area contributed by atoms with Gasteiger partial charge in [0.05, 0.1) is 12.2 Å². The first-order chi connectivity index (χ1) is 9.11. The largest absolute Gasteiger partial charge is 0.327 e. The lowest BCUT2D eigenvalue weighted by Gasteiger charge is -2.12. The average molecular weight is 298 g/mol. The van der Waals surface area contributed by atoms with Gasteiger partial charge in [-0.05, 0) is 37.2 Å². The molecule has 3 nitrogen and oxygen atoms in total. The highest BCUT2D eigenvalue weighted by molar-refractivity contribution is 6.33. The van der Waals surface area contributed by atoms with Gasteiger partial charge in [0.15, 0.2) is 0 Å². The molecule has 0 aliphatic rings. The van der Waals surface area contributed by atoms with Crippen molar-refractivity contribution in [3.05, 3.63) is 51.5 Å². The minimum atomic E-state index is 0.686. The van der Waals surface area contributed by atoms with E-state index in [2.05, 4.69) is 21.8 Å². The van der Waals surface area contributed by atoms with Crippen LogP contribution >= 0.6 is 23.2 Å². The Balaban J connectivity index is 2.27. The number of benzene rings is 1. The smallest absolute Gasteiger partial charge is 0.106 e. The van der Waals surface area contributed by atoms with Gasteiger partial charge in [-0.1, -0.05) is 30.1 Å². The molecular formula is C14H17Cl2N3. The zero-order valence-electron chi connectivity index (χ0n) is 11.1. The number of rotatable bonds is 5. The van der Waals surface area contributed by atoms with Gasteiger partial charge in [-0.15, -0.1) is 0 Å². The van der Waals surface area contributed by atoms with Crippen molar-refractivity contribution in [2.45, 2.75) is 26.9 Å². The molecule has 0 amide bonds. The van der Waals surface area contributed by atoms with Crippen molar-refractivity contribution in [3.8, 4) is 0 Å². The highest BCUT2D eigenvalue weighted by Gasteiger charge is 2.09. The molecule has 1 aromatic heterocycles. The molecule has 102 valence electrons. The maximum absolute atomic E-state index is 6.21. The normalized spacial score (nSPS) is 10.9. The number of hydrogen-bond acceptors (Lipinski definition) is 2. The SMILES string of the molecule is CCNCc1cnc(C)n1Cc1cc(Cl)ccc1Cl. The van der Waals surface area contributed by atoms with Crippen LogP contribution in [0.4, 0.5) is 0 Å². The van der Waals surface area contributed by atoms with Gasteiger partial charge < -0.3 is 9.88 Å². The summed E-state index contributed by atoms with van der Waals surface area (Å²) in [4.78, 5) is 4.36. The molecule has 19 heavy (non-hydrogen) atoms. The van der Waals surface area contributed by atoms with Crippen molar-refractivity contribution in [1.29, 1.82) is 0 Å². The molecule has 0 radical (unpaired) electrons. The van der Waals surface area contributed by atoms with Crippen LogP contribution in [0.25, 0.3) is 0 Å².